The zero-order chi connectivity index (χ0) is 14.1. The summed E-state index contributed by atoms with van der Waals surface area (Å²) in [5.74, 6) is 0.737. The van der Waals surface area contributed by atoms with E-state index in [1.165, 1.54) is 0 Å². The third-order valence-electron chi connectivity index (χ3n) is 2.98. The molecule has 0 unspecified atom stereocenters. The van der Waals surface area contributed by atoms with Gasteiger partial charge in [0.25, 0.3) is 5.82 Å². The Morgan fingerprint density at radius 3 is 3.10 bits per heavy atom. The smallest absolute Gasteiger partial charge is 0.275 e. The van der Waals surface area contributed by atoms with Crippen LogP contribution in [-0.2, 0) is 11.4 Å². The molecule has 104 valence electrons. The van der Waals surface area contributed by atoms with Gasteiger partial charge < -0.3 is 5.73 Å². The van der Waals surface area contributed by atoms with Crippen molar-refractivity contribution in [3.8, 4) is 0 Å². The number of anilines is 1. The van der Waals surface area contributed by atoms with Crippen LogP contribution in [0.4, 0.5) is 11.5 Å². The van der Waals surface area contributed by atoms with Crippen molar-refractivity contribution in [3.63, 3.8) is 0 Å². The van der Waals surface area contributed by atoms with Crippen molar-refractivity contribution < 1.29 is 14.9 Å². The minimum absolute atomic E-state index is 0.414. The molecule has 3 aromatic rings. The summed E-state index contributed by atoms with van der Waals surface area (Å²) in [6.45, 7) is 2.36. The molecule has 0 fully saturated rings. The van der Waals surface area contributed by atoms with Crippen LogP contribution in [0.25, 0.3) is 11.2 Å². The topological polar surface area (TPSA) is 121 Å². The minimum atomic E-state index is 0.414. The normalized spacial score (nSPS) is 11.3. The molecule has 3 rings (SSSR count). The number of nitrogens with two attached hydrogens (primary N) is 2. The molecule has 0 saturated carbocycles. The van der Waals surface area contributed by atoms with E-state index in [1.807, 2.05) is 19.2 Å². The molecule has 3 aromatic heterocycles. The number of aromatic nitrogens is 5. The number of pyridine rings is 1. The summed E-state index contributed by atoms with van der Waals surface area (Å²) in [6.07, 6.45) is 1.84. The van der Waals surface area contributed by atoms with Crippen LogP contribution >= 0.6 is 0 Å². The van der Waals surface area contributed by atoms with Gasteiger partial charge in [0.1, 0.15) is 0 Å². The highest BCUT2D eigenvalue weighted by molar-refractivity contribution is 5.85. The van der Waals surface area contributed by atoms with E-state index in [0.29, 0.717) is 23.4 Å². The standard InChI is InChI=1S/C11H13N7O2/c1-6-7(5-18-4-3-8(14-18)15-19-2)9(12)10-11(13-6)17-20-16-10/h3-4H,5,12H2,1-2H3,(H,14,15)/p+1. The molecule has 3 heterocycles. The predicted molar refractivity (Wildman–Crippen MR) is 68.7 cm³/mol. The van der Waals surface area contributed by atoms with Gasteiger partial charge in [0.05, 0.1) is 19.3 Å². The molecule has 0 radical (unpaired) electrons. The van der Waals surface area contributed by atoms with Crippen molar-refractivity contribution in [2.45, 2.75) is 13.5 Å². The Labute approximate surface area is 113 Å². The maximum absolute atomic E-state index is 6.10. The van der Waals surface area contributed by atoms with Gasteiger partial charge in [-0.15, -0.1) is 5.10 Å². The SMILES string of the molecule is CO[NH2+]c1ccn(Cc2c(C)nc3nonc3c2N)n1. The van der Waals surface area contributed by atoms with Gasteiger partial charge in [-0.2, -0.15) is 5.48 Å². The molecule has 0 bridgehead atoms. The number of fused-ring (bicyclic) bond motifs is 1. The van der Waals surface area contributed by atoms with Crippen LogP contribution in [0.2, 0.25) is 0 Å². The van der Waals surface area contributed by atoms with Gasteiger partial charge >= 0.3 is 0 Å². The summed E-state index contributed by atoms with van der Waals surface area (Å²) in [5.41, 5.74) is 10.7. The highest BCUT2D eigenvalue weighted by atomic mass is 16.6. The Bertz CT molecular complexity index is 748. The van der Waals surface area contributed by atoms with Crippen molar-refractivity contribution in [1.82, 2.24) is 25.1 Å². The van der Waals surface area contributed by atoms with E-state index in [9.17, 15) is 0 Å². The lowest BCUT2D eigenvalue weighted by Gasteiger charge is -2.08. The highest BCUT2D eigenvalue weighted by Crippen LogP contribution is 2.23. The second-order valence-corrected chi connectivity index (χ2v) is 4.32. The van der Waals surface area contributed by atoms with Gasteiger partial charge in [-0.3, -0.25) is 4.68 Å². The third-order valence-corrected chi connectivity index (χ3v) is 2.98. The summed E-state index contributed by atoms with van der Waals surface area (Å²) >= 11 is 0. The fourth-order valence-corrected chi connectivity index (χ4v) is 2.00. The van der Waals surface area contributed by atoms with Crippen LogP contribution in [0.5, 0.6) is 0 Å². The van der Waals surface area contributed by atoms with E-state index in [-0.39, 0.29) is 0 Å². The number of nitrogens with zero attached hydrogens (tertiary/aromatic N) is 5. The molecule has 20 heavy (non-hydrogen) atoms. The van der Waals surface area contributed by atoms with Crippen molar-refractivity contribution in [2.75, 3.05) is 12.8 Å². The quantitative estimate of drug-likeness (QED) is 0.616. The Kier molecular flexibility index (Phi) is 3.05. The average molecular weight is 276 g/mol. The Morgan fingerprint density at radius 2 is 2.30 bits per heavy atom. The van der Waals surface area contributed by atoms with Gasteiger partial charge in [0, 0.05) is 23.5 Å². The average Bonchev–Trinajstić information content (AvgIpc) is 3.04. The summed E-state index contributed by atoms with van der Waals surface area (Å²) in [4.78, 5) is 9.23. The zero-order valence-electron chi connectivity index (χ0n) is 11.1. The second kappa shape index (κ2) is 4.87. The lowest BCUT2D eigenvalue weighted by molar-refractivity contribution is -0.832. The number of aryl methyl sites for hydroxylation is 1. The molecular weight excluding hydrogens is 262 g/mol. The van der Waals surface area contributed by atoms with E-state index >= 15 is 0 Å². The maximum Gasteiger partial charge on any atom is 0.275 e. The van der Waals surface area contributed by atoms with Crippen molar-refractivity contribution in [2.24, 2.45) is 0 Å². The summed E-state index contributed by atoms with van der Waals surface area (Å²) < 4.78 is 6.41. The first-order valence-electron chi connectivity index (χ1n) is 5.95. The second-order valence-electron chi connectivity index (χ2n) is 4.32. The molecule has 0 amide bonds. The van der Waals surface area contributed by atoms with Crippen molar-refractivity contribution in [3.05, 3.63) is 23.5 Å². The lowest BCUT2D eigenvalue weighted by Crippen LogP contribution is -2.76. The Morgan fingerprint density at radius 1 is 1.45 bits per heavy atom. The molecule has 4 N–H and O–H groups in total. The number of quaternary nitrogens is 1. The first-order chi connectivity index (χ1) is 9.69. The van der Waals surface area contributed by atoms with Gasteiger partial charge in [0.2, 0.25) is 5.65 Å². The minimum Gasteiger partial charge on any atom is -0.396 e. The lowest BCUT2D eigenvalue weighted by atomic mass is 10.1. The molecule has 0 aliphatic heterocycles. The highest BCUT2D eigenvalue weighted by Gasteiger charge is 2.15. The molecule has 9 heteroatoms. The van der Waals surface area contributed by atoms with Gasteiger partial charge in [-0.1, -0.05) is 0 Å². The van der Waals surface area contributed by atoms with Crippen LogP contribution in [0, 0.1) is 6.92 Å². The number of nitrogen functional groups attached to an aromatic ring is 1. The molecule has 0 aliphatic carbocycles. The summed E-state index contributed by atoms with van der Waals surface area (Å²) in [5, 5.41) is 11.8. The summed E-state index contributed by atoms with van der Waals surface area (Å²) in [6, 6.07) is 1.85. The number of hydrogen-bond donors (Lipinski definition) is 2. The van der Waals surface area contributed by atoms with Gasteiger partial charge in [-0.25, -0.2) is 14.5 Å². The Hall–Kier alpha value is -2.52. The van der Waals surface area contributed by atoms with E-state index in [1.54, 1.807) is 17.3 Å². The van der Waals surface area contributed by atoms with Crippen molar-refractivity contribution >= 4 is 22.7 Å². The number of rotatable bonds is 4. The molecule has 0 saturated heterocycles. The number of hydrogen-bond acceptors (Lipinski definition) is 7. The van der Waals surface area contributed by atoms with E-state index in [2.05, 4.69) is 25.0 Å². The molecular formula is C11H14N7O2+. The molecule has 0 atom stereocenters. The predicted octanol–water partition coefficient (Wildman–Crippen LogP) is -0.490. The van der Waals surface area contributed by atoms with Crippen LogP contribution in [-0.4, -0.2) is 32.2 Å². The molecule has 9 nitrogen and oxygen atoms in total. The van der Waals surface area contributed by atoms with Crippen LogP contribution in [0.1, 0.15) is 11.3 Å². The van der Waals surface area contributed by atoms with E-state index in [0.717, 1.165) is 17.1 Å². The first kappa shape index (κ1) is 12.5. The molecule has 0 aliphatic rings. The first-order valence-corrected chi connectivity index (χ1v) is 5.95. The van der Waals surface area contributed by atoms with Crippen LogP contribution in [0.15, 0.2) is 16.9 Å². The zero-order valence-corrected chi connectivity index (χ0v) is 11.1. The molecule has 0 spiro atoms. The fraction of sp³-hybridized carbons (Fsp3) is 0.273. The fourth-order valence-electron chi connectivity index (χ4n) is 2.00. The van der Waals surface area contributed by atoms with Crippen LogP contribution < -0.4 is 11.2 Å². The van der Waals surface area contributed by atoms with Crippen molar-refractivity contribution in [1.29, 1.82) is 0 Å². The largest absolute Gasteiger partial charge is 0.396 e. The van der Waals surface area contributed by atoms with E-state index < -0.39 is 0 Å². The maximum atomic E-state index is 6.10. The monoisotopic (exact) mass is 276 g/mol. The third kappa shape index (κ3) is 2.08. The van der Waals surface area contributed by atoms with E-state index in [4.69, 9.17) is 10.6 Å². The summed E-state index contributed by atoms with van der Waals surface area (Å²) in [7, 11) is 1.58. The molecule has 0 aromatic carbocycles. The van der Waals surface area contributed by atoms with Gasteiger partial charge in [0.15, 0.2) is 5.52 Å². The Balaban J connectivity index is 1.96. The van der Waals surface area contributed by atoms with Gasteiger partial charge in [-0.05, 0) is 17.2 Å². The van der Waals surface area contributed by atoms with Crippen LogP contribution in [0.3, 0.4) is 0 Å².